The summed E-state index contributed by atoms with van der Waals surface area (Å²) >= 11 is 0. The number of methoxy groups -OCH3 is 1. The number of ether oxygens (including phenoxy) is 1. The third kappa shape index (κ3) is 4.55. The molecule has 1 aliphatic heterocycles. The van der Waals surface area contributed by atoms with Crippen molar-refractivity contribution in [2.45, 2.75) is 51.1 Å². The zero-order valence-corrected chi connectivity index (χ0v) is 20.0. The Hall–Kier alpha value is -3.59. The molecule has 0 bridgehead atoms. The smallest absolute Gasteiger partial charge is 0.326 e. The van der Waals surface area contributed by atoms with Crippen molar-refractivity contribution >= 4 is 34.2 Å². The number of imidazole rings is 1. The van der Waals surface area contributed by atoms with Gasteiger partial charge >= 0.3 is 5.69 Å². The van der Waals surface area contributed by atoms with Gasteiger partial charge in [-0.3, -0.25) is 14.2 Å². The molecule has 35 heavy (non-hydrogen) atoms. The van der Waals surface area contributed by atoms with Crippen molar-refractivity contribution in [2.24, 2.45) is 5.92 Å². The van der Waals surface area contributed by atoms with Gasteiger partial charge in [0, 0.05) is 23.7 Å². The summed E-state index contributed by atoms with van der Waals surface area (Å²) in [4.78, 5) is 41.1. The van der Waals surface area contributed by atoms with Crippen molar-refractivity contribution < 1.29 is 14.3 Å². The number of aromatic amines is 1. The molecule has 1 atom stereocenters. The number of benzene rings is 2. The number of aromatic nitrogens is 2. The Morgan fingerprint density at radius 1 is 1.03 bits per heavy atom. The van der Waals surface area contributed by atoms with Gasteiger partial charge in [-0.15, -0.1) is 0 Å². The second-order valence-electron chi connectivity index (χ2n) is 9.46. The van der Waals surface area contributed by atoms with Crippen molar-refractivity contribution in [1.82, 2.24) is 14.9 Å². The number of hydrogen-bond acceptors (Lipinski definition) is 5. The van der Waals surface area contributed by atoms with E-state index in [-0.39, 0.29) is 35.5 Å². The monoisotopic (exact) mass is 477 g/mol. The summed E-state index contributed by atoms with van der Waals surface area (Å²) in [5.41, 5.74) is 3.56. The number of H-pyrrole nitrogens is 1. The molecule has 1 saturated carbocycles. The van der Waals surface area contributed by atoms with Gasteiger partial charge in [0.15, 0.2) is 0 Å². The molecule has 2 aromatic carbocycles. The molecule has 1 saturated heterocycles. The van der Waals surface area contributed by atoms with Gasteiger partial charge in [-0.1, -0.05) is 12.1 Å². The Balaban J connectivity index is 1.27. The molecular weight excluding hydrogens is 446 g/mol. The first-order valence-electron chi connectivity index (χ1n) is 12.2. The molecule has 3 aromatic rings. The molecule has 9 heteroatoms. The number of amides is 2. The van der Waals surface area contributed by atoms with Gasteiger partial charge in [0.25, 0.3) is 0 Å². The highest BCUT2D eigenvalue weighted by molar-refractivity contribution is 6.02. The van der Waals surface area contributed by atoms with E-state index in [2.05, 4.69) is 20.9 Å². The second kappa shape index (κ2) is 9.58. The summed E-state index contributed by atoms with van der Waals surface area (Å²) in [5, 5.41) is 9.04. The minimum atomic E-state index is -0.192. The zero-order chi connectivity index (χ0) is 24.5. The molecule has 2 amide bonds. The molecule has 0 spiro atoms. The largest absolute Gasteiger partial charge is 0.496 e. The van der Waals surface area contributed by atoms with Gasteiger partial charge in [-0.05, 0) is 69.3 Å². The van der Waals surface area contributed by atoms with Crippen LogP contribution in [-0.4, -0.2) is 41.1 Å². The average molecular weight is 478 g/mol. The fourth-order valence-electron chi connectivity index (χ4n) is 5.09. The minimum absolute atomic E-state index is 0.000908. The summed E-state index contributed by atoms with van der Waals surface area (Å²) in [6, 6.07) is 11.0. The Morgan fingerprint density at radius 3 is 2.49 bits per heavy atom. The van der Waals surface area contributed by atoms with Crippen molar-refractivity contribution in [3.05, 3.63) is 52.4 Å². The van der Waals surface area contributed by atoms with Crippen LogP contribution in [0.3, 0.4) is 0 Å². The third-order valence-electron chi connectivity index (χ3n) is 7.26. The summed E-state index contributed by atoms with van der Waals surface area (Å²) in [6.07, 6.45) is 3.66. The summed E-state index contributed by atoms with van der Waals surface area (Å²) in [6.45, 7) is 2.80. The van der Waals surface area contributed by atoms with Gasteiger partial charge in [0.2, 0.25) is 11.8 Å². The Labute approximate surface area is 203 Å². The van der Waals surface area contributed by atoms with Gasteiger partial charge in [0.05, 0.1) is 29.9 Å². The zero-order valence-electron chi connectivity index (χ0n) is 20.0. The van der Waals surface area contributed by atoms with E-state index < -0.39 is 0 Å². The predicted molar refractivity (Wildman–Crippen MR) is 135 cm³/mol. The SMILES string of the molecule is COc1cc(NC(=O)[C@H]2CC[C@@H](n3c(=O)[nH]c4c(NC(=O)[C@H]5CCN5)cccc43)CC2)ccc1C. The van der Waals surface area contributed by atoms with E-state index in [9.17, 15) is 14.4 Å². The van der Waals surface area contributed by atoms with Gasteiger partial charge in [0.1, 0.15) is 5.75 Å². The first-order valence-corrected chi connectivity index (χ1v) is 12.2. The lowest BCUT2D eigenvalue weighted by Crippen LogP contribution is -2.50. The van der Waals surface area contributed by atoms with E-state index in [1.165, 1.54) is 0 Å². The highest BCUT2D eigenvalue weighted by Gasteiger charge is 2.30. The summed E-state index contributed by atoms with van der Waals surface area (Å²) in [7, 11) is 1.62. The number of nitrogens with zero attached hydrogens (tertiary/aromatic N) is 1. The van der Waals surface area contributed by atoms with Crippen LogP contribution in [0.5, 0.6) is 5.75 Å². The van der Waals surface area contributed by atoms with Gasteiger partial charge in [-0.25, -0.2) is 4.79 Å². The molecule has 5 rings (SSSR count). The molecular formula is C26H31N5O4. The first kappa shape index (κ1) is 23.2. The van der Waals surface area contributed by atoms with E-state index in [1.54, 1.807) is 17.7 Å². The van der Waals surface area contributed by atoms with Crippen molar-refractivity contribution in [1.29, 1.82) is 0 Å². The number of aryl methyl sites for hydroxylation is 1. The fourth-order valence-corrected chi connectivity index (χ4v) is 5.09. The summed E-state index contributed by atoms with van der Waals surface area (Å²) < 4.78 is 7.13. The molecule has 4 N–H and O–H groups in total. The van der Waals surface area contributed by atoms with Crippen LogP contribution in [0.1, 0.15) is 43.7 Å². The van der Waals surface area contributed by atoms with Crippen molar-refractivity contribution in [3.63, 3.8) is 0 Å². The standard InChI is InChI=1S/C26H31N5O4/c1-15-6-9-17(14-22(15)35-2)28-24(32)16-7-10-18(11-8-16)31-21-5-3-4-19(23(21)30-26(31)34)29-25(33)20-12-13-27-20/h3-6,9,14,16,18,20,27H,7-8,10-13H2,1-2H3,(H,28,32)(H,29,33)(H,30,34)/t16-,18+,20-/m1/s1. The van der Waals surface area contributed by atoms with Crippen LogP contribution in [0.4, 0.5) is 11.4 Å². The number of fused-ring (bicyclic) bond motifs is 1. The summed E-state index contributed by atoms with van der Waals surface area (Å²) in [5.74, 6) is 0.541. The molecule has 0 radical (unpaired) electrons. The van der Waals surface area contributed by atoms with E-state index in [0.717, 1.165) is 48.3 Å². The lowest BCUT2D eigenvalue weighted by Gasteiger charge is -2.28. The Bertz CT molecular complexity index is 1320. The topological polar surface area (TPSA) is 117 Å². The van der Waals surface area contributed by atoms with E-state index >= 15 is 0 Å². The van der Waals surface area contributed by atoms with E-state index in [4.69, 9.17) is 4.74 Å². The molecule has 2 aliphatic rings. The average Bonchev–Trinajstić information content (AvgIpc) is 3.16. The number of nitrogens with one attached hydrogen (secondary N) is 4. The highest BCUT2D eigenvalue weighted by Crippen LogP contribution is 2.35. The normalized spacial score (nSPS) is 21.8. The Kier molecular flexibility index (Phi) is 6.34. The first-order chi connectivity index (χ1) is 16.9. The van der Waals surface area contributed by atoms with Crippen LogP contribution in [0.25, 0.3) is 11.0 Å². The molecule has 2 fully saturated rings. The maximum Gasteiger partial charge on any atom is 0.326 e. The Morgan fingerprint density at radius 2 is 1.80 bits per heavy atom. The van der Waals surface area contributed by atoms with Crippen LogP contribution in [-0.2, 0) is 9.59 Å². The molecule has 2 heterocycles. The molecule has 1 aromatic heterocycles. The second-order valence-corrected chi connectivity index (χ2v) is 9.46. The quantitative estimate of drug-likeness (QED) is 0.435. The fraction of sp³-hybridized carbons (Fsp3) is 0.423. The maximum absolute atomic E-state index is 12.9. The minimum Gasteiger partial charge on any atom is -0.496 e. The lowest BCUT2D eigenvalue weighted by molar-refractivity contribution is -0.121. The number of carbonyl (C=O) groups excluding carboxylic acids is 2. The number of para-hydroxylation sites is 1. The molecule has 9 nitrogen and oxygen atoms in total. The lowest BCUT2D eigenvalue weighted by atomic mass is 9.85. The van der Waals surface area contributed by atoms with Crippen molar-refractivity contribution in [2.75, 3.05) is 24.3 Å². The molecule has 184 valence electrons. The number of hydrogen-bond donors (Lipinski definition) is 4. The highest BCUT2D eigenvalue weighted by atomic mass is 16.5. The van der Waals surface area contributed by atoms with Crippen molar-refractivity contribution in [3.8, 4) is 5.75 Å². The van der Waals surface area contributed by atoms with E-state index in [1.807, 2.05) is 37.3 Å². The third-order valence-corrected chi connectivity index (χ3v) is 7.26. The van der Waals surface area contributed by atoms with E-state index in [0.29, 0.717) is 24.0 Å². The van der Waals surface area contributed by atoms with Crippen LogP contribution in [0, 0.1) is 12.8 Å². The van der Waals surface area contributed by atoms with Crippen LogP contribution < -0.4 is 26.4 Å². The maximum atomic E-state index is 12.9. The van der Waals surface area contributed by atoms with Gasteiger partial charge < -0.3 is 25.7 Å². The van der Waals surface area contributed by atoms with Gasteiger partial charge in [-0.2, -0.15) is 0 Å². The molecule has 0 unspecified atom stereocenters. The molecule has 1 aliphatic carbocycles. The van der Waals surface area contributed by atoms with Crippen LogP contribution >= 0.6 is 0 Å². The van der Waals surface area contributed by atoms with Crippen LogP contribution in [0.2, 0.25) is 0 Å². The van der Waals surface area contributed by atoms with Crippen LogP contribution in [0.15, 0.2) is 41.2 Å². The number of carbonyl (C=O) groups is 2. The number of anilines is 2. The number of rotatable bonds is 6. The predicted octanol–water partition coefficient (Wildman–Crippen LogP) is 3.32.